The van der Waals surface area contributed by atoms with E-state index >= 15 is 0 Å². The number of hydrogen-bond donors (Lipinski definition) is 1. The van der Waals surface area contributed by atoms with E-state index in [1.165, 1.54) is 0 Å². The first-order valence-electron chi connectivity index (χ1n) is 9.62. The lowest BCUT2D eigenvalue weighted by molar-refractivity contribution is -0.125. The highest BCUT2D eigenvalue weighted by Crippen LogP contribution is 2.37. The number of nitrogens with zero attached hydrogens (tertiary/aromatic N) is 1. The Hall–Kier alpha value is -2.84. The number of nitriles is 1. The summed E-state index contributed by atoms with van der Waals surface area (Å²) in [7, 11) is 0. The second-order valence-corrected chi connectivity index (χ2v) is 7.50. The number of anilines is 1. The summed E-state index contributed by atoms with van der Waals surface area (Å²) in [6.07, 6.45) is 1.23. The van der Waals surface area contributed by atoms with Crippen LogP contribution in [0.15, 0.2) is 42.5 Å². The SMILES string of the molecule is Cc1cccc(C2(C(=O)Nc3ccc(OC(C)C)cc3C#N)CCOCC2)c1. The fraction of sp³-hybridized carbons (Fsp3) is 0.391. The molecule has 146 valence electrons. The molecule has 0 radical (unpaired) electrons. The van der Waals surface area contributed by atoms with Gasteiger partial charge in [-0.3, -0.25) is 4.79 Å². The smallest absolute Gasteiger partial charge is 0.235 e. The Morgan fingerprint density at radius 3 is 2.61 bits per heavy atom. The van der Waals surface area contributed by atoms with Gasteiger partial charge in [0.15, 0.2) is 0 Å². The van der Waals surface area contributed by atoms with E-state index in [9.17, 15) is 10.1 Å². The highest BCUT2D eigenvalue weighted by atomic mass is 16.5. The molecular formula is C23H26N2O3. The Labute approximate surface area is 166 Å². The summed E-state index contributed by atoms with van der Waals surface area (Å²) in [5.41, 5.74) is 2.33. The number of amides is 1. The molecule has 1 saturated heterocycles. The predicted molar refractivity (Wildman–Crippen MR) is 108 cm³/mol. The van der Waals surface area contributed by atoms with Crippen molar-refractivity contribution in [3.8, 4) is 11.8 Å². The largest absolute Gasteiger partial charge is 0.491 e. The van der Waals surface area contributed by atoms with Crippen molar-refractivity contribution in [3.05, 3.63) is 59.2 Å². The molecule has 1 aliphatic heterocycles. The lowest BCUT2D eigenvalue weighted by Gasteiger charge is -2.36. The molecule has 1 amide bonds. The standard InChI is InChI=1S/C23H26N2O3/c1-16(2)28-20-7-8-21(18(14-20)15-24)25-22(26)23(9-11-27-12-10-23)19-6-4-5-17(3)13-19/h4-8,13-14,16H,9-12H2,1-3H3,(H,25,26). The maximum Gasteiger partial charge on any atom is 0.235 e. The minimum absolute atomic E-state index is 0.0128. The van der Waals surface area contributed by atoms with Crippen molar-refractivity contribution in [2.24, 2.45) is 0 Å². The lowest BCUT2D eigenvalue weighted by atomic mass is 9.73. The molecule has 1 fully saturated rings. The highest BCUT2D eigenvalue weighted by Gasteiger charge is 2.42. The van der Waals surface area contributed by atoms with Gasteiger partial charge in [-0.05, 0) is 51.3 Å². The average molecular weight is 378 g/mol. The van der Waals surface area contributed by atoms with Crippen LogP contribution in [0.3, 0.4) is 0 Å². The first-order chi connectivity index (χ1) is 13.4. The van der Waals surface area contributed by atoms with Crippen molar-refractivity contribution in [2.45, 2.75) is 45.1 Å². The molecule has 5 nitrogen and oxygen atoms in total. The molecule has 0 atom stereocenters. The quantitative estimate of drug-likeness (QED) is 0.840. The Balaban J connectivity index is 1.92. The number of ether oxygens (including phenoxy) is 2. The third kappa shape index (κ3) is 4.18. The molecule has 3 rings (SSSR count). The van der Waals surface area contributed by atoms with Gasteiger partial charge in [0.2, 0.25) is 5.91 Å². The fourth-order valence-electron chi connectivity index (χ4n) is 3.62. The zero-order chi connectivity index (χ0) is 20.1. The molecule has 1 heterocycles. The number of hydrogen-bond acceptors (Lipinski definition) is 4. The Morgan fingerprint density at radius 1 is 1.21 bits per heavy atom. The van der Waals surface area contributed by atoms with Crippen LogP contribution >= 0.6 is 0 Å². The van der Waals surface area contributed by atoms with Gasteiger partial charge in [0, 0.05) is 19.3 Å². The first kappa shape index (κ1) is 19.9. The number of rotatable bonds is 5. The zero-order valence-corrected chi connectivity index (χ0v) is 16.6. The maximum absolute atomic E-state index is 13.4. The molecule has 0 unspecified atom stereocenters. The molecule has 0 spiro atoms. The minimum atomic E-state index is -0.663. The third-order valence-electron chi connectivity index (χ3n) is 5.08. The van der Waals surface area contributed by atoms with Crippen LogP contribution in [0, 0.1) is 18.3 Å². The summed E-state index contributed by atoms with van der Waals surface area (Å²) in [4.78, 5) is 13.4. The van der Waals surface area contributed by atoms with E-state index in [4.69, 9.17) is 9.47 Å². The lowest BCUT2D eigenvalue weighted by Crippen LogP contribution is -2.45. The molecule has 0 aromatic heterocycles. The maximum atomic E-state index is 13.4. The van der Waals surface area contributed by atoms with Crippen molar-refractivity contribution in [1.82, 2.24) is 0 Å². The summed E-state index contributed by atoms with van der Waals surface area (Å²) >= 11 is 0. The second-order valence-electron chi connectivity index (χ2n) is 7.50. The summed E-state index contributed by atoms with van der Waals surface area (Å²) in [5, 5.41) is 12.5. The van der Waals surface area contributed by atoms with Crippen LogP contribution in [0.4, 0.5) is 5.69 Å². The van der Waals surface area contributed by atoms with Crippen molar-refractivity contribution >= 4 is 11.6 Å². The van der Waals surface area contributed by atoms with Crippen LogP contribution in [0.25, 0.3) is 0 Å². The summed E-state index contributed by atoms with van der Waals surface area (Å²) in [6.45, 7) is 6.95. The summed E-state index contributed by atoms with van der Waals surface area (Å²) in [6, 6.07) is 15.4. The van der Waals surface area contributed by atoms with Crippen LogP contribution in [0.1, 0.15) is 43.4 Å². The molecule has 28 heavy (non-hydrogen) atoms. The van der Waals surface area contributed by atoms with E-state index in [2.05, 4.69) is 17.5 Å². The molecule has 1 aliphatic rings. The van der Waals surface area contributed by atoms with Crippen molar-refractivity contribution in [2.75, 3.05) is 18.5 Å². The van der Waals surface area contributed by atoms with Gasteiger partial charge in [-0.1, -0.05) is 29.8 Å². The number of nitrogens with one attached hydrogen (secondary N) is 1. The van der Waals surface area contributed by atoms with Gasteiger partial charge in [0.25, 0.3) is 0 Å². The van der Waals surface area contributed by atoms with Crippen LogP contribution in [0.5, 0.6) is 5.75 Å². The van der Waals surface area contributed by atoms with E-state index in [-0.39, 0.29) is 12.0 Å². The monoisotopic (exact) mass is 378 g/mol. The van der Waals surface area contributed by atoms with Gasteiger partial charge < -0.3 is 14.8 Å². The number of carbonyl (C=O) groups excluding carboxylic acids is 1. The zero-order valence-electron chi connectivity index (χ0n) is 16.6. The Kier molecular flexibility index (Phi) is 6.01. The van der Waals surface area contributed by atoms with E-state index < -0.39 is 5.41 Å². The number of benzene rings is 2. The Bertz CT molecular complexity index is 893. The third-order valence-corrected chi connectivity index (χ3v) is 5.08. The first-order valence-corrected chi connectivity index (χ1v) is 9.62. The van der Waals surface area contributed by atoms with Gasteiger partial charge in [0.05, 0.1) is 22.8 Å². The Morgan fingerprint density at radius 2 is 1.96 bits per heavy atom. The van der Waals surface area contributed by atoms with Crippen molar-refractivity contribution in [1.29, 1.82) is 5.26 Å². The summed E-state index contributed by atoms with van der Waals surface area (Å²) < 4.78 is 11.2. The molecule has 0 aliphatic carbocycles. The topological polar surface area (TPSA) is 71.3 Å². The molecule has 0 bridgehead atoms. The van der Waals surface area contributed by atoms with Gasteiger partial charge in [-0.15, -0.1) is 0 Å². The van der Waals surface area contributed by atoms with Gasteiger partial charge in [0.1, 0.15) is 11.8 Å². The van der Waals surface area contributed by atoms with E-state index in [0.717, 1.165) is 11.1 Å². The van der Waals surface area contributed by atoms with Gasteiger partial charge in [-0.2, -0.15) is 5.26 Å². The molecule has 2 aromatic carbocycles. The second kappa shape index (κ2) is 8.45. The molecular weight excluding hydrogens is 352 g/mol. The fourth-order valence-corrected chi connectivity index (χ4v) is 3.62. The molecule has 1 N–H and O–H groups in total. The van der Waals surface area contributed by atoms with E-state index in [1.54, 1.807) is 18.2 Å². The van der Waals surface area contributed by atoms with Crippen LogP contribution in [-0.4, -0.2) is 25.2 Å². The van der Waals surface area contributed by atoms with Crippen LogP contribution in [-0.2, 0) is 14.9 Å². The number of aryl methyl sites for hydroxylation is 1. The van der Waals surface area contributed by atoms with E-state index in [1.807, 2.05) is 39.0 Å². The highest BCUT2D eigenvalue weighted by molar-refractivity contribution is 6.00. The predicted octanol–water partition coefficient (Wildman–Crippen LogP) is 4.34. The van der Waals surface area contributed by atoms with Crippen LogP contribution in [0.2, 0.25) is 0 Å². The van der Waals surface area contributed by atoms with Crippen molar-refractivity contribution in [3.63, 3.8) is 0 Å². The average Bonchev–Trinajstić information content (AvgIpc) is 2.69. The van der Waals surface area contributed by atoms with Crippen molar-refractivity contribution < 1.29 is 14.3 Å². The van der Waals surface area contributed by atoms with Gasteiger partial charge >= 0.3 is 0 Å². The van der Waals surface area contributed by atoms with Crippen LogP contribution < -0.4 is 10.1 Å². The minimum Gasteiger partial charge on any atom is -0.491 e. The van der Waals surface area contributed by atoms with Gasteiger partial charge in [-0.25, -0.2) is 0 Å². The normalized spacial score (nSPS) is 15.7. The molecule has 0 saturated carbocycles. The van der Waals surface area contributed by atoms with E-state index in [0.29, 0.717) is 43.1 Å². The molecule has 2 aromatic rings. The summed E-state index contributed by atoms with van der Waals surface area (Å²) in [5.74, 6) is 0.513. The molecule has 5 heteroatoms. The number of carbonyl (C=O) groups is 1.